The Bertz CT molecular complexity index is 657. The summed E-state index contributed by atoms with van der Waals surface area (Å²) in [5, 5.41) is 3.70. The molecule has 1 unspecified atom stereocenters. The Kier molecular flexibility index (Phi) is 3.87. The molecule has 21 heavy (non-hydrogen) atoms. The smallest absolute Gasteiger partial charge is 0.127 e. The van der Waals surface area contributed by atoms with E-state index in [1.165, 1.54) is 24.2 Å². The Morgan fingerprint density at radius 3 is 2.81 bits per heavy atom. The average molecular weight is 350 g/mol. The van der Waals surface area contributed by atoms with Crippen LogP contribution in [0.2, 0.25) is 0 Å². The summed E-state index contributed by atoms with van der Waals surface area (Å²) in [4.78, 5) is 4.98. The number of imidazole rings is 1. The Morgan fingerprint density at radius 1 is 1.38 bits per heavy atom. The molecule has 0 amide bonds. The zero-order valence-corrected chi connectivity index (χ0v) is 14.9. The third-order valence-electron chi connectivity index (χ3n) is 4.58. The molecule has 3 rings (SSSR count). The number of nitrogens with one attached hydrogen (secondary N) is 1. The minimum absolute atomic E-state index is 0.240. The SMILES string of the molecule is CC(C)n1c(C2NCCCC2(C)C)nc2cc(Br)ccc21. The van der Waals surface area contributed by atoms with Crippen LogP contribution in [0.1, 0.15) is 58.4 Å². The van der Waals surface area contributed by atoms with Crippen LogP contribution in [0.5, 0.6) is 0 Å². The van der Waals surface area contributed by atoms with Gasteiger partial charge in [-0.1, -0.05) is 29.8 Å². The highest BCUT2D eigenvalue weighted by Gasteiger charge is 2.36. The summed E-state index contributed by atoms with van der Waals surface area (Å²) in [7, 11) is 0. The lowest BCUT2D eigenvalue weighted by atomic mass is 9.77. The first-order valence-corrected chi connectivity index (χ1v) is 8.60. The second-order valence-electron chi connectivity index (χ2n) is 7.05. The second kappa shape index (κ2) is 5.40. The molecule has 1 saturated heterocycles. The van der Waals surface area contributed by atoms with Crippen molar-refractivity contribution >= 4 is 27.0 Å². The van der Waals surface area contributed by atoms with Crippen molar-refractivity contribution < 1.29 is 0 Å². The van der Waals surface area contributed by atoms with Gasteiger partial charge in [-0.3, -0.25) is 0 Å². The van der Waals surface area contributed by atoms with E-state index in [1.807, 2.05) is 0 Å². The van der Waals surface area contributed by atoms with Gasteiger partial charge in [0.05, 0.1) is 17.1 Å². The first-order valence-electron chi connectivity index (χ1n) is 7.81. The molecule has 114 valence electrons. The van der Waals surface area contributed by atoms with E-state index in [2.05, 4.69) is 71.7 Å². The Labute approximate surface area is 135 Å². The van der Waals surface area contributed by atoms with Crippen LogP contribution in [0.25, 0.3) is 11.0 Å². The summed E-state index contributed by atoms with van der Waals surface area (Å²) >= 11 is 3.56. The maximum absolute atomic E-state index is 4.98. The molecule has 1 atom stereocenters. The maximum Gasteiger partial charge on any atom is 0.127 e. The van der Waals surface area contributed by atoms with Crippen molar-refractivity contribution in [1.82, 2.24) is 14.9 Å². The van der Waals surface area contributed by atoms with Crippen LogP contribution in [-0.4, -0.2) is 16.1 Å². The van der Waals surface area contributed by atoms with Gasteiger partial charge in [0.2, 0.25) is 0 Å². The molecule has 0 radical (unpaired) electrons. The first-order chi connectivity index (χ1) is 9.90. The summed E-state index contributed by atoms with van der Waals surface area (Å²) in [6.07, 6.45) is 2.49. The molecule has 2 aromatic rings. The minimum Gasteiger partial charge on any atom is -0.324 e. The van der Waals surface area contributed by atoms with Crippen molar-refractivity contribution in [1.29, 1.82) is 0 Å². The van der Waals surface area contributed by atoms with Crippen LogP contribution in [0.3, 0.4) is 0 Å². The van der Waals surface area contributed by atoms with Crippen LogP contribution in [0.15, 0.2) is 22.7 Å². The van der Waals surface area contributed by atoms with E-state index in [0.29, 0.717) is 12.1 Å². The van der Waals surface area contributed by atoms with E-state index < -0.39 is 0 Å². The maximum atomic E-state index is 4.98. The van der Waals surface area contributed by atoms with Crippen molar-refractivity contribution in [3.8, 4) is 0 Å². The number of rotatable bonds is 2. The Hall–Kier alpha value is -0.870. The molecule has 4 heteroatoms. The van der Waals surface area contributed by atoms with E-state index in [4.69, 9.17) is 4.98 Å². The molecule has 2 heterocycles. The van der Waals surface area contributed by atoms with E-state index in [-0.39, 0.29) is 5.41 Å². The monoisotopic (exact) mass is 349 g/mol. The van der Waals surface area contributed by atoms with Gasteiger partial charge in [0.1, 0.15) is 5.82 Å². The summed E-state index contributed by atoms with van der Waals surface area (Å²) in [5.74, 6) is 1.18. The fourth-order valence-corrected chi connectivity index (χ4v) is 3.84. The molecule has 1 aliphatic rings. The average Bonchev–Trinajstić information content (AvgIpc) is 2.76. The molecule has 1 aliphatic heterocycles. The minimum atomic E-state index is 0.240. The third kappa shape index (κ3) is 2.64. The molecule has 0 saturated carbocycles. The van der Waals surface area contributed by atoms with Gasteiger partial charge in [-0.25, -0.2) is 4.98 Å². The lowest BCUT2D eigenvalue weighted by Crippen LogP contribution is -2.41. The molecule has 1 aromatic heterocycles. The summed E-state index contributed by atoms with van der Waals surface area (Å²) < 4.78 is 3.48. The van der Waals surface area contributed by atoms with Crippen molar-refractivity contribution in [3.05, 3.63) is 28.5 Å². The van der Waals surface area contributed by atoms with Gasteiger partial charge in [-0.2, -0.15) is 0 Å². The number of fused-ring (bicyclic) bond motifs is 1. The lowest BCUT2D eigenvalue weighted by Gasteiger charge is -2.39. The van der Waals surface area contributed by atoms with Crippen molar-refractivity contribution in [2.24, 2.45) is 5.41 Å². The van der Waals surface area contributed by atoms with Crippen molar-refractivity contribution in [2.45, 2.75) is 52.6 Å². The van der Waals surface area contributed by atoms with Gasteiger partial charge in [0.15, 0.2) is 0 Å². The number of halogens is 1. The Morgan fingerprint density at radius 2 is 2.14 bits per heavy atom. The number of nitrogens with zero attached hydrogens (tertiary/aromatic N) is 2. The number of aromatic nitrogens is 2. The number of benzene rings is 1. The summed E-state index contributed by atoms with van der Waals surface area (Å²) in [6.45, 7) is 10.3. The van der Waals surface area contributed by atoms with Gasteiger partial charge in [0.25, 0.3) is 0 Å². The third-order valence-corrected chi connectivity index (χ3v) is 5.07. The van der Waals surface area contributed by atoms with Crippen LogP contribution in [0, 0.1) is 5.41 Å². The predicted molar refractivity (Wildman–Crippen MR) is 91.6 cm³/mol. The van der Waals surface area contributed by atoms with Gasteiger partial charge in [-0.05, 0) is 56.8 Å². The topological polar surface area (TPSA) is 29.9 Å². The van der Waals surface area contributed by atoms with E-state index >= 15 is 0 Å². The molecule has 1 aromatic carbocycles. The quantitative estimate of drug-likeness (QED) is 0.841. The molecule has 0 bridgehead atoms. The Balaban J connectivity index is 2.19. The van der Waals surface area contributed by atoms with Crippen LogP contribution in [-0.2, 0) is 0 Å². The largest absolute Gasteiger partial charge is 0.324 e. The van der Waals surface area contributed by atoms with Crippen molar-refractivity contribution in [2.75, 3.05) is 6.54 Å². The van der Waals surface area contributed by atoms with E-state index in [1.54, 1.807) is 0 Å². The molecule has 1 fully saturated rings. The van der Waals surface area contributed by atoms with Crippen LogP contribution in [0.4, 0.5) is 0 Å². The molecule has 0 aliphatic carbocycles. The fraction of sp³-hybridized carbons (Fsp3) is 0.588. The highest BCUT2D eigenvalue weighted by atomic mass is 79.9. The summed E-state index contributed by atoms with van der Waals surface area (Å²) in [5.41, 5.74) is 2.55. The first kappa shape index (κ1) is 15.0. The molecule has 3 nitrogen and oxygen atoms in total. The van der Waals surface area contributed by atoms with Crippen LogP contribution < -0.4 is 5.32 Å². The lowest BCUT2D eigenvalue weighted by molar-refractivity contribution is 0.169. The highest BCUT2D eigenvalue weighted by Crippen LogP contribution is 2.41. The normalized spacial score (nSPS) is 22.1. The molecule has 1 N–H and O–H groups in total. The number of hydrogen-bond donors (Lipinski definition) is 1. The van der Waals surface area contributed by atoms with Gasteiger partial charge >= 0.3 is 0 Å². The molecule has 0 spiro atoms. The van der Waals surface area contributed by atoms with E-state index in [9.17, 15) is 0 Å². The van der Waals surface area contributed by atoms with Gasteiger partial charge in [0, 0.05) is 10.5 Å². The molecular formula is C17H24BrN3. The second-order valence-corrected chi connectivity index (χ2v) is 7.96. The standard InChI is InChI=1S/C17H24BrN3/c1-11(2)21-14-7-6-12(18)10-13(14)20-16(21)15-17(3,4)8-5-9-19-15/h6-7,10-11,15,19H,5,8-9H2,1-4H3. The van der Waals surface area contributed by atoms with Gasteiger partial charge < -0.3 is 9.88 Å². The van der Waals surface area contributed by atoms with Gasteiger partial charge in [-0.15, -0.1) is 0 Å². The zero-order valence-electron chi connectivity index (χ0n) is 13.3. The zero-order chi connectivity index (χ0) is 15.2. The highest BCUT2D eigenvalue weighted by molar-refractivity contribution is 9.10. The molecular weight excluding hydrogens is 326 g/mol. The van der Waals surface area contributed by atoms with Crippen LogP contribution >= 0.6 is 15.9 Å². The summed E-state index contributed by atoms with van der Waals surface area (Å²) in [6, 6.07) is 7.12. The predicted octanol–water partition coefficient (Wildman–Crippen LogP) is 4.83. The van der Waals surface area contributed by atoms with Crippen molar-refractivity contribution in [3.63, 3.8) is 0 Å². The van der Waals surface area contributed by atoms with E-state index in [0.717, 1.165) is 16.5 Å². The number of piperidine rings is 1. The fourth-order valence-electron chi connectivity index (χ4n) is 3.49. The number of hydrogen-bond acceptors (Lipinski definition) is 2.